The Morgan fingerprint density at radius 1 is 1.40 bits per heavy atom. The van der Waals surface area contributed by atoms with Crippen molar-refractivity contribution in [2.45, 2.75) is 0 Å². The van der Waals surface area contributed by atoms with E-state index >= 15 is 0 Å². The SMILES string of the molecule is Cl.Clc1ccccc1NCC1=NCCN1. The van der Waals surface area contributed by atoms with Gasteiger partial charge in [-0.25, -0.2) is 0 Å². The number of rotatable bonds is 3. The highest BCUT2D eigenvalue weighted by Gasteiger charge is 2.04. The first-order valence-corrected chi connectivity index (χ1v) is 4.99. The monoisotopic (exact) mass is 245 g/mol. The van der Waals surface area contributed by atoms with Crippen molar-refractivity contribution in [3.05, 3.63) is 29.3 Å². The van der Waals surface area contributed by atoms with E-state index in [9.17, 15) is 0 Å². The molecule has 0 amide bonds. The molecule has 15 heavy (non-hydrogen) atoms. The summed E-state index contributed by atoms with van der Waals surface area (Å²) in [5, 5.41) is 7.16. The highest BCUT2D eigenvalue weighted by molar-refractivity contribution is 6.33. The summed E-state index contributed by atoms with van der Waals surface area (Å²) < 4.78 is 0. The van der Waals surface area contributed by atoms with Gasteiger partial charge in [0.2, 0.25) is 0 Å². The van der Waals surface area contributed by atoms with Crippen LogP contribution >= 0.6 is 24.0 Å². The number of para-hydroxylation sites is 1. The lowest BCUT2D eigenvalue weighted by Crippen LogP contribution is -2.26. The molecule has 0 saturated heterocycles. The van der Waals surface area contributed by atoms with Crippen LogP contribution in [0, 0.1) is 0 Å². The molecular weight excluding hydrogens is 233 g/mol. The summed E-state index contributed by atoms with van der Waals surface area (Å²) >= 11 is 5.99. The zero-order chi connectivity index (χ0) is 9.80. The standard InChI is InChI=1S/C10H12ClN3.ClH/c11-8-3-1-2-4-9(8)14-7-10-12-5-6-13-10;/h1-4,14H,5-7H2,(H,12,13);1H. The fourth-order valence-electron chi connectivity index (χ4n) is 1.35. The molecule has 0 aromatic heterocycles. The minimum atomic E-state index is 0. The number of nitrogens with one attached hydrogen (secondary N) is 2. The fourth-order valence-corrected chi connectivity index (χ4v) is 1.55. The number of halogens is 2. The molecule has 5 heteroatoms. The second kappa shape index (κ2) is 5.83. The van der Waals surface area contributed by atoms with Gasteiger partial charge < -0.3 is 10.6 Å². The Balaban J connectivity index is 0.00000112. The van der Waals surface area contributed by atoms with Crippen LogP contribution < -0.4 is 10.6 Å². The van der Waals surface area contributed by atoms with E-state index in [0.29, 0.717) is 6.54 Å². The first-order chi connectivity index (χ1) is 6.86. The third kappa shape index (κ3) is 3.29. The largest absolute Gasteiger partial charge is 0.377 e. The van der Waals surface area contributed by atoms with Crippen molar-refractivity contribution >= 4 is 35.5 Å². The van der Waals surface area contributed by atoms with Crippen molar-refractivity contribution in [2.24, 2.45) is 4.99 Å². The van der Waals surface area contributed by atoms with E-state index in [1.165, 1.54) is 0 Å². The highest BCUT2D eigenvalue weighted by atomic mass is 35.5. The molecule has 0 radical (unpaired) electrons. The van der Waals surface area contributed by atoms with Crippen molar-refractivity contribution in [1.29, 1.82) is 0 Å². The van der Waals surface area contributed by atoms with Crippen LogP contribution in [0.4, 0.5) is 5.69 Å². The fraction of sp³-hybridized carbons (Fsp3) is 0.300. The normalized spacial score (nSPS) is 13.8. The minimum Gasteiger partial charge on any atom is -0.377 e. The van der Waals surface area contributed by atoms with E-state index in [2.05, 4.69) is 15.6 Å². The molecule has 2 rings (SSSR count). The van der Waals surface area contributed by atoms with Crippen LogP contribution in [-0.4, -0.2) is 25.5 Å². The van der Waals surface area contributed by atoms with E-state index in [0.717, 1.165) is 29.6 Å². The third-order valence-corrected chi connectivity index (χ3v) is 2.39. The molecule has 1 aliphatic rings. The Hall–Kier alpha value is -0.930. The van der Waals surface area contributed by atoms with Crippen LogP contribution in [0.2, 0.25) is 5.02 Å². The van der Waals surface area contributed by atoms with Gasteiger partial charge in [-0.05, 0) is 12.1 Å². The lowest BCUT2D eigenvalue weighted by Gasteiger charge is -2.07. The molecule has 1 aromatic carbocycles. The summed E-state index contributed by atoms with van der Waals surface area (Å²) in [6.45, 7) is 2.53. The van der Waals surface area contributed by atoms with Crippen LogP contribution in [-0.2, 0) is 0 Å². The first kappa shape index (κ1) is 12.1. The predicted octanol–water partition coefficient (Wildman–Crippen LogP) is 2.18. The summed E-state index contributed by atoms with van der Waals surface area (Å²) in [4.78, 5) is 4.28. The minimum absolute atomic E-state index is 0. The molecule has 1 aliphatic heterocycles. The molecule has 0 aliphatic carbocycles. The van der Waals surface area contributed by atoms with Crippen LogP contribution in [0.25, 0.3) is 0 Å². The summed E-state index contributed by atoms with van der Waals surface area (Å²) in [5.74, 6) is 1.00. The lowest BCUT2D eigenvalue weighted by atomic mass is 10.3. The van der Waals surface area contributed by atoms with Crippen molar-refractivity contribution < 1.29 is 0 Å². The molecule has 82 valence electrons. The van der Waals surface area contributed by atoms with Crippen LogP contribution in [0.5, 0.6) is 0 Å². The average molecular weight is 246 g/mol. The summed E-state index contributed by atoms with van der Waals surface area (Å²) in [6, 6.07) is 7.70. The van der Waals surface area contributed by atoms with Gasteiger partial charge >= 0.3 is 0 Å². The number of nitrogens with zero attached hydrogens (tertiary/aromatic N) is 1. The molecule has 0 atom stereocenters. The predicted molar refractivity (Wildman–Crippen MR) is 67.5 cm³/mol. The molecule has 1 heterocycles. The van der Waals surface area contributed by atoms with Gasteiger partial charge in [-0.1, -0.05) is 23.7 Å². The van der Waals surface area contributed by atoms with Crippen molar-refractivity contribution in [2.75, 3.05) is 25.0 Å². The van der Waals surface area contributed by atoms with Crippen LogP contribution in [0.3, 0.4) is 0 Å². The van der Waals surface area contributed by atoms with Gasteiger partial charge in [-0.15, -0.1) is 12.4 Å². The second-order valence-electron chi connectivity index (χ2n) is 3.09. The van der Waals surface area contributed by atoms with E-state index in [1.54, 1.807) is 0 Å². The number of hydrogen-bond donors (Lipinski definition) is 2. The van der Waals surface area contributed by atoms with Gasteiger partial charge in [0, 0.05) is 6.54 Å². The number of benzene rings is 1. The number of aliphatic imine (C=N–C) groups is 1. The Kier molecular flexibility index (Phi) is 4.72. The van der Waals surface area contributed by atoms with Gasteiger partial charge in [-0.3, -0.25) is 4.99 Å². The molecule has 0 bridgehead atoms. The molecular formula is C10H13Cl2N3. The molecule has 0 unspecified atom stereocenters. The number of anilines is 1. The zero-order valence-corrected chi connectivity index (χ0v) is 9.74. The Morgan fingerprint density at radius 2 is 2.20 bits per heavy atom. The van der Waals surface area contributed by atoms with E-state index in [4.69, 9.17) is 11.6 Å². The van der Waals surface area contributed by atoms with Gasteiger partial charge in [0.15, 0.2) is 0 Å². The lowest BCUT2D eigenvalue weighted by molar-refractivity contribution is 0.956. The smallest absolute Gasteiger partial charge is 0.116 e. The first-order valence-electron chi connectivity index (χ1n) is 4.62. The quantitative estimate of drug-likeness (QED) is 0.857. The Morgan fingerprint density at radius 3 is 2.87 bits per heavy atom. The van der Waals surface area contributed by atoms with Gasteiger partial charge in [0.25, 0.3) is 0 Å². The number of hydrogen-bond acceptors (Lipinski definition) is 3. The van der Waals surface area contributed by atoms with E-state index in [1.807, 2.05) is 24.3 Å². The van der Waals surface area contributed by atoms with Gasteiger partial charge in [0.05, 0.1) is 23.8 Å². The Bertz CT molecular complexity index is 352. The third-order valence-electron chi connectivity index (χ3n) is 2.06. The number of amidine groups is 1. The van der Waals surface area contributed by atoms with Gasteiger partial charge in [-0.2, -0.15) is 0 Å². The zero-order valence-electron chi connectivity index (χ0n) is 8.16. The highest BCUT2D eigenvalue weighted by Crippen LogP contribution is 2.19. The van der Waals surface area contributed by atoms with Gasteiger partial charge in [0.1, 0.15) is 5.84 Å². The molecule has 0 spiro atoms. The molecule has 1 aromatic rings. The van der Waals surface area contributed by atoms with Crippen LogP contribution in [0.15, 0.2) is 29.3 Å². The maximum Gasteiger partial charge on any atom is 0.116 e. The van der Waals surface area contributed by atoms with Crippen molar-refractivity contribution in [1.82, 2.24) is 5.32 Å². The average Bonchev–Trinajstić information content (AvgIpc) is 2.69. The maximum absolute atomic E-state index is 5.99. The van der Waals surface area contributed by atoms with Crippen molar-refractivity contribution in [3.8, 4) is 0 Å². The van der Waals surface area contributed by atoms with Crippen LogP contribution in [0.1, 0.15) is 0 Å². The second-order valence-corrected chi connectivity index (χ2v) is 3.50. The summed E-state index contributed by atoms with van der Waals surface area (Å²) in [7, 11) is 0. The molecule has 0 saturated carbocycles. The Labute approximate surface area is 100 Å². The molecule has 2 N–H and O–H groups in total. The van der Waals surface area contributed by atoms with E-state index < -0.39 is 0 Å². The topological polar surface area (TPSA) is 36.4 Å². The molecule has 0 fully saturated rings. The maximum atomic E-state index is 5.99. The summed E-state index contributed by atoms with van der Waals surface area (Å²) in [5.41, 5.74) is 0.950. The molecule has 3 nitrogen and oxygen atoms in total. The van der Waals surface area contributed by atoms with E-state index in [-0.39, 0.29) is 12.4 Å². The summed E-state index contributed by atoms with van der Waals surface area (Å²) in [6.07, 6.45) is 0. The van der Waals surface area contributed by atoms with Crippen molar-refractivity contribution in [3.63, 3.8) is 0 Å².